The van der Waals surface area contributed by atoms with Crippen molar-refractivity contribution in [1.29, 1.82) is 0 Å². The van der Waals surface area contributed by atoms with Gasteiger partial charge in [-0.05, 0) is 18.2 Å². The maximum atomic E-state index is 6.28. The standard InChI is InChI=1S/C16H13ClN4O/c17-11-3-1-2-4-14(11)21-8-6-15-13(9-21)20-16(22-15)12-5-7-18-10-19-12/h1-5,7,10H,6,8-9H2. The van der Waals surface area contributed by atoms with Gasteiger partial charge in [0, 0.05) is 19.2 Å². The molecule has 110 valence electrons. The Morgan fingerprint density at radius 2 is 2.09 bits per heavy atom. The monoisotopic (exact) mass is 312 g/mol. The number of anilines is 1. The zero-order chi connectivity index (χ0) is 14.9. The van der Waals surface area contributed by atoms with Crippen molar-refractivity contribution in [3.63, 3.8) is 0 Å². The summed E-state index contributed by atoms with van der Waals surface area (Å²) in [5.41, 5.74) is 2.68. The predicted molar refractivity (Wildman–Crippen MR) is 83.7 cm³/mol. The zero-order valence-electron chi connectivity index (χ0n) is 11.7. The van der Waals surface area contributed by atoms with Gasteiger partial charge in [-0.2, -0.15) is 0 Å². The Morgan fingerprint density at radius 3 is 2.91 bits per heavy atom. The van der Waals surface area contributed by atoms with E-state index in [1.807, 2.05) is 24.3 Å². The number of aromatic nitrogens is 3. The van der Waals surface area contributed by atoms with Crippen LogP contribution < -0.4 is 4.90 Å². The highest BCUT2D eigenvalue weighted by Crippen LogP contribution is 2.31. The van der Waals surface area contributed by atoms with E-state index in [1.165, 1.54) is 6.33 Å². The van der Waals surface area contributed by atoms with Crippen LogP contribution in [0.2, 0.25) is 5.02 Å². The molecule has 0 bridgehead atoms. The summed E-state index contributed by atoms with van der Waals surface area (Å²) in [6.07, 6.45) is 3.98. The van der Waals surface area contributed by atoms with E-state index in [0.717, 1.165) is 35.1 Å². The number of hydrogen-bond donors (Lipinski definition) is 0. The molecule has 0 aliphatic carbocycles. The summed E-state index contributed by atoms with van der Waals surface area (Å²) in [5, 5.41) is 0.755. The van der Waals surface area contributed by atoms with Crippen LogP contribution in [-0.4, -0.2) is 21.5 Å². The molecule has 0 N–H and O–H groups in total. The second-order valence-corrected chi connectivity index (χ2v) is 5.51. The van der Waals surface area contributed by atoms with E-state index in [4.69, 9.17) is 16.0 Å². The summed E-state index contributed by atoms with van der Waals surface area (Å²) in [7, 11) is 0. The van der Waals surface area contributed by atoms with Crippen LogP contribution in [0.3, 0.4) is 0 Å². The van der Waals surface area contributed by atoms with Crippen molar-refractivity contribution in [1.82, 2.24) is 15.0 Å². The van der Waals surface area contributed by atoms with Crippen molar-refractivity contribution < 1.29 is 4.42 Å². The number of rotatable bonds is 2. The molecule has 1 aromatic carbocycles. The first-order valence-electron chi connectivity index (χ1n) is 7.06. The van der Waals surface area contributed by atoms with Crippen LogP contribution in [-0.2, 0) is 13.0 Å². The van der Waals surface area contributed by atoms with Gasteiger partial charge in [-0.15, -0.1) is 0 Å². The van der Waals surface area contributed by atoms with E-state index in [0.29, 0.717) is 18.1 Å². The molecule has 0 saturated heterocycles. The van der Waals surface area contributed by atoms with Crippen molar-refractivity contribution in [3.05, 3.63) is 59.3 Å². The van der Waals surface area contributed by atoms with E-state index < -0.39 is 0 Å². The Kier molecular flexibility index (Phi) is 3.27. The lowest BCUT2D eigenvalue weighted by Crippen LogP contribution is -2.30. The number of para-hydroxylation sites is 1. The fourth-order valence-electron chi connectivity index (χ4n) is 2.64. The van der Waals surface area contributed by atoms with Gasteiger partial charge in [-0.25, -0.2) is 15.0 Å². The number of halogens is 1. The third kappa shape index (κ3) is 2.33. The van der Waals surface area contributed by atoms with Gasteiger partial charge < -0.3 is 9.32 Å². The Hall–Kier alpha value is -2.40. The molecular weight excluding hydrogens is 300 g/mol. The summed E-state index contributed by atoms with van der Waals surface area (Å²) < 4.78 is 5.85. The minimum absolute atomic E-state index is 0.549. The second-order valence-electron chi connectivity index (χ2n) is 5.11. The van der Waals surface area contributed by atoms with Gasteiger partial charge in [0.15, 0.2) is 0 Å². The normalized spacial score (nSPS) is 14.0. The lowest BCUT2D eigenvalue weighted by Gasteiger charge is -2.28. The number of benzene rings is 1. The number of nitrogens with zero attached hydrogens (tertiary/aromatic N) is 4. The minimum Gasteiger partial charge on any atom is -0.439 e. The van der Waals surface area contributed by atoms with Crippen molar-refractivity contribution in [2.45, 2.75) is 13.0 Å². The molecule has 0 amide bonds. The van der Waals surface area contributed by atoms with Gasteiger partial charge in [-0.3, -0.25) is 0 Å². The quantitative estimate of drug-likeness (QED) is 0.726. The lowest BCUT2D eigenvalue weighted by molar-refractivity contribution is 0.498. The Labute approximate surface area is 132 Å². The molecule has 4 rings (SSSR count). The average molecular weight is 313 g/mol. The molecule has 0 radical (unpaired) electrons. The van der Waals surface area contributed by atoms with Crippen LogP contribution >= 0.6 is 11.6 Å². The van der Waals surface area contributed by atoms with E-state index in [9.17, 15) is 0 Å². The molecule has 0 spiro atoms. The molecule has 3 heterocycles. The van der Waals surface area contributed by atoms with Crippen LogP contribution in [0.4, 0.5) is 5.69 Å². The first-order valence-corrected chi connectivity index (χ1v) is 7.43. The third-order valence-corrected chi connectivity index (χ3v) is 4.04. The van der Waals surface area contributed by atoms with E-state index >= 15 is 0 Å². The number of oxazole rings is 1. The smallest absolute Gasteiger partial charge is 0.245 e. The molecule has 0 fully saturated rings. The van der Waals surface area contributed by atoms with Crippen molar-refractivity contribution >= 4 is 17.3 Å². The summed E-state index contributed by atoms with van der Waals surface area (Å²) in [5.74, 6) is 1.48. The van der Waals surface area contributed by atoms with Crippen LogP contribution in [0, 0.1) is 0 Å². The third-order valence-electron chi connectivity index (χ3n) is 3.72. The Morgan fingerprint density at radius 1 is 1.18 bits per heavy atom. The summed E-state index contributed by atoms with van der Waals surface area (Å²) >= 11 is 6.28. The van der Waals surface area contributed by atoms with Gasteiger partial charge in [0.25, 0.3) is 0 Å². The average Bonchev–Trinajstić information content (AvgIpc) is 2.99. The zero-order valence-corrected chi connectivity index (χ0v) is 12.5. The predicted octanol–water partition coefficient (Wildman–Crippen LogP) is 3.35. The molecule has 6 heteroatoms. The molecule has 3 aromatic rings. The Bertz CT molecular complexity index is 803. The molecule has 1 aliphatic heterocycles. The first kappa shape index (κ1) is 13.3. The van der Waals surface area contributed by atoms with Gasteiger partial charge in [-0.1, -0.05) is 23.7 Å². The molecule has 0 atom stereocenters. The highest BCUT2D eigenvalue weighted by Gasteiger charge is 2.24. The van der Waals surface area contributed by atoms with Gasteiger partial charge >= 0.3 is 0 Å². The summed E-state index contributed by atoms with van der Waals surface area (Å²) in [6, 6.07) is 9.65. The van der Waals surface area contributed by atoms with Crippen molar-refractivity contribution in [2.24, 2.45) is 0 Å². The van der Waals surface area contributed by atoms with Crippen molar-refractivity contribution in [3.8, 4) is 11.6 Å². The van der Waals surface area contributed by atoms with Gasteiger partial charge in [0.2, 0.25) is 5.89 Å². The molecular formula is C16H13ClN4O. The summed E-state index contributed by atoms with van der Waals surface area (Å²) in [6.45, 7) is 1.54. The van der Waals surface area contributed by atoms with E-state index in [-0.39, 0.29) is 0 Å². The van der Waals surface area contributed by atoms with E-state index in [1.54, 1.807) is 12.3 Å². The molecule has 22 heavy (non-hydrogen) atoms. The van der Waals surface area contributed by atoms with Crippen molar-refractivity contribution in [2.75, 3.05) is 11.4 Å². The molecule has 1 aliphatic rings. The van der Waals surface area contributed by atoms with Crippen LogP contribution in [0.5, 0.6) is 0 Å². The molecule has 5 nitrogen and oxygen atoms in total. The SMILES string of the molecule is Clc1ccccc1N1CCc2oc(-c3ccncn3)nc2C1. The lowest BCUT2D eigenvalue weighted by atomic mass is 10.1. The maximum Gasteiger partial charge on any atom is 0.245 e. The topological polar surface area (TPSA) is 55.1 Å². The van der Waals surface area contributed by atoms with Gasteiger partial charge in [0.05, 0.1) is 17.3 Å². The Balaban J connectivity index is 1.64. The fraction of sp³-hybridized carbons (Fsp3) is 0.188. The molecule has 0 saturated carbocycles. The van der Waals surface area contributed by atoms with Crippen LogP contribution in [0.1, 0.15) is 11.5 Å². The second kappa shape index (κ2) is 5.42. The number of hydrogen-bond acceptors (Lipinski definition) is 5. The van der Waals surface area contributed by atoms with E-state index in [2.05, 4.69) is 19.9 Å². The first-order chi connectivity index (χ1) is 10.8. The van der Waals surface area contributed by atoms with Crippen LogP contribution in [0.25, 0.3) is 11.6 Å². The fourth-order valence-corrected chi connectivity index (χ4v) is 2.89. The summed E-state index contributed by atoms with van der Waals surface area (Å²) in [4.78, 5) is 14.9. The minimum atomic E-state index is 0.549. The van der Waals surface area contributed by atoms with Gasteiger partial charge in [0.1, 0.15) is 23.5 Å². The highest BCUT2D eigenvalue weighted by atomic mass is 35.5. The maximum absolute atomic E-state index is 6.28. The molecule has 2 aromatic heterocycles. The highest BCUT2D eigenvalue weighted by molar-refractivity contribution is 6.33. The largest absolute Gasteiger partial charge is 0.439 e. The number of fused-ring (bicyclic) bond motifs is 1. The molecule has 0 unspecified atom stereocenters. The van der Waals surface area contributed by atoms with Crippen LogP contribution in [0.15, 0.2) is 47.3 Å².